The fourth-order valence-electron chi connectivity index (χ4n) is 1.76. The molecule has 0 fully saturated rings. The zero-order valence-electron chi connectivity index (χ0n) is 10.1. The van der Waals surface area contributed by atoms with Gasteiger partial charge in [0.15, 0.2) is 0 Å². The summed E-state index contributed by atoms with van der Waals surface area (Å²) in [4.78, 5) is 0. The van der Waals surface area contributed by atoms with Crippen LogP contribution in [-0.4, -0.2) is 0 Å². The second-order valence-electron chi connectivity index (χ2n) is 4.29. The lowest BCUT2D eigenvalue weighted by Crippen LogP contribution is -2.01. The Morgan fingerprint density at radius 3 is 2.41 bits per heavy atom. The van der Waals surface area contributed by atoms with Crippen molar-refractivity contribution in [3.05, 3.63) is 65.0 Å². The van der Waals surface area contributed by atoms with Crippen molar-refractivity contribution >= 4 is 5.69 Å². The standard InChI is InChI=1S/C15H16FN/c1-11-3-4-12(2)13(9-11)10-17-15-7-5-14(16)6-8-15/h3-9,17H,10H2,1-2H3. The minimum Gasteiger partial charge on any atom is -0.381 e. The molecule has 2 aromatic rings. The summed E-state index contributed by atoms with van der Waals surface area (Å²) in [6, 6.07) is 12.8. The second kappa shape index (κ2) is 5.00. The molecule has 0 spiro atoms. The molecule has 0 atom stereocenters. The monoisotopic (exact) mass is 229 g/mol. The third kappa shape index (κ3) is 3.06. The van der Waals surface area contributed by atoms with Gasteiger partial charge in [0.1, 0.15) is 5.82 Å². The van der Waals surface area contributed by atoms with Crippen LogP contribution in [0.25, 0.3) is 0 Å². The average Bonchev–Trinajstić information content (AvgIpc) is 2.32. The maximum atomic E-state index is 12.7. The van der Waals surface area contributed by atoms with Crippen LogP contribution in [0.4, 0.5) is 10.1 Å². The first-order chi connectivity index (χ1) is 8.15. The van der Waals surface area contributed by atoms with E-state index in [4.69, 9.17) is 0 Å². The van der Waals surface area contributed by atoms with Gasteiger partial charge in [0.25, 0.3) is 0 Å². The van der Waals surface area contributed by atoms with Gasteiger partial charge in [0.05, 0.1) is 0 Å². The molecule has 0 aromatic heterocycles. The molecule has 1 N–H and O–H groups in total. The van der Waals surface area contributed by atoms with E-state index in [1.54, 1.807) is 12.1 Å². The number of hydrogen-bond donors (Lipinski definition) is 1. The van der Waals surface area contributed by atoms with E-state index in [0.717, 1.165) is 12.2 Å². The van der Waals surface area contributed by atoms with Crippen LogP contribution in [0.5, 0.6) is 0 Å². The summed E-state index contributed by atoms with van der Waals surface area (Å²) in [5, 5.41) is 3.29. The second-order valence-corrected chi connectivity index (χ2v) is 4.29. The van der Waals surface area contributed by atoms with E-state index in [0.29, 0.717) is 0 Å². The van der Waals surface area contributed by atoms with Crippen LogP contribution in [-0.2, 0) is 6.54 Å². The highest BCUT2D eigenvalue weighted by atomic mass is 19.1. The Bertz CT molecular complexity index is 503. The first kappa shape index (κ1) is 11.6. The van der Waals surface area contributed by atoms with Crippen LogP contribution < -0.4 is 5.32 Å². The number of aryl methyl sites for hydroxylation is 2. The summed E-state index contributed by atoms with van der Waals surface area (Å²) in [5.41, 5.74) is 4.73. The van der Waals surface area contributed by atoms with E-state index in [1.807, 2.05) is 0 Å². The maximum absolute atomic E-state index is 12.7. The molecule has 1 nitrogen and oxygen atoms in total. The molecule has 0 aliphatic heterocycles. The van der Waals surface area contributed by atoms with E-state index in [-0.39, 0.29) is 5.82 Å². The predicted molar refractivity (Wildman–Crippen MR) is 69.6 cm³/mol. The lowest BCUT2D eigenvalue weighted by atomic mass is 10.1. The zero-order chi connectivity index (χ0) is 12.3. The number of anilines is 1. The summed E-state index contributed by atoms with van der Waals surface area (Å²) >= 11 is 0. The van der Waals surface area contributed by atoms with Crippen molar-refractivity contribution in [3.63, 3.8) is 0 Å². The molecule has 2 aromatic carbocycles. The third-order valence-corrected chi connectivity index (χ3v) is 2.83. The fourth-order valence-corrected chi connectivity index (χ4v) is 1.76. The quantitative estimate of drug-likeness (QED) is 0.837. The minimum absolute atomic E-state index is 0.206. The minimum atomic E-state index is -0.206. The highest BCUT2D eigenvalue weighted by Crippen LogP contribution is 2.14. The van der Waals surface area contributed by atoms with E-state index < -0.39 is 0 Å². The molecule has 0 saturated heterocycles. The SMILES string of the molecule is Cc1ccc(C)c(CNc2ccc(F)cc2)c1. The maximum Gasteiger partial charge on any atom is 0.123 e. The lowest BCUT2D eigenvalue weighted by molar-refractivity contribution is 0.628. The van der Waals surface area contributed by atoms with Crippen LogP contribution in [0.15, 0.2) is 42.5 Å². The molecule has 0 bridgehead atoms. The Balaban J connectivity index is 2.07. The number of rotatable bonds is 3. The van der Waals surface area contributed by atoms with Gasteiger partial charge < -0.3 is 5.32 Å². The van der Waals surface area contributed by atoms with E-state index in [2.05, 4.69) is 37.4 Å². The zero-order valence-corrected chi connectivity index (χ0v) is 10.1. The first-order valence-corrected chi connectivity index (χ1v) is 5.71. The Morgan fingerprint density at radius 1 is 1.00 bits per heavy atom. The molecular weight excluding hydrogens is 213 g/mol. The van der Waals surface area contributed by atoms with E-state index in [9.17, 15) is 4.39 Å². The van der Waals surface area contributed by atoms with E-state index in [1.165, 1.54) is 28.8 Å². The highest BCUT2D eigenvalue weighted by Gasteiger charge is 1.99. The normalized spacial score (nSPS) is 10.3. The molecule has 0 radical (unpaired) electrons. The summed E-state index contributed by atoms with van der Waals surface area (Å²) < 4.78 is 12.7. The summed E-state index contributed by atoms with van der Waals surface area (Å²) in [7, 11) is 0. The molecule has 88 valence electrons. The van der Waals surface area contributed by atoms with Crippen molar-refractivity contribution in [2.24, 2.45) is 0 Å². The molecule has 2 rings (SSSR count). The molecule has 0 amide bonds. The topological polar surface area (TPSA) is 12.0 Å². The van der Waals surface area contributed by atoms with Gasteiger partial charge in [0.2, 0.25) is 0 Å². The summed E-state index contributed by atoms with van der Waals surface area (Å²) in [5.74, 6) is -0.206. The molecule has 2 heteroatoms. The molecule has 0 unspecified atom stereocenters. The smallest absolute Gasteiger partial charge is 0.123 e. The van der Waals surface area contributed by atoms with Crippen LogP contribution in [0.1, 0.15) is 16.7 Å². The number of halogens is 1. The summed E-state index contributed by atoms with van der Waals surface area (Å²) in [6.07, 6.45) is 0. The molecular formula is C15H16FN. The van der Waals surface area contributed by atoms with Gasteiger partial charge in [-0.05, 0) is 49.2 Å². The van der Waals surface area contributed by atoms with Gasteiger partial charge in [0, 0.05) is 12.2 Å². The summed E-state index contributed by atoms with van der Waals surface area (Å²) in [6.45, 7) is 4.95. The van der Waals surface area contributed by atoms with Crippen LogP contribution in [0.3, 0.4) is 0 Å². The largest absolute Gasteiger partial charge is 0.381 e. The Hall–Kier alpha value is -1.83. The number of nitrogens with one attached hydrogen (secondary N) is 1. The first-order valence-electron chi connectivity index (χ1n) is 5.71. The van der Waals surface area contributed by atoms with Crippen molar-refractivity contribution < 1.29 is 4.39 Å². The number of hydrogen-bond acceptors (Lipinski definition) is 1. The van der Waals surface area contributed by atoms with Gasteiger partial charge in [-0.2, -0.15) is 0 Å². The number of benzene rings is 2. The molecule has 17 heavy (non-hydrogen) atoms. The molecule has 0 aliphatic rings. The molecule has 0 heterocycles. The molecule has 0 aliphatic carbocycles. The van der Waals surface area contributed by atoms with Gasteiger partial charge in [-0.1, -0.05) is 23.8 Å². The van der Waals surface area contributed by atoms with Crippen LogP contribution in [0, 0.1) is 19.7 Å². The molecule has 0 saturated carbocycles. The highest BCUT2D eigenvalue weighted by molar-refractivity contribution is 5.44. The Morgan fingerprint density at radius 2 is 1.71 bits per heavy atom. The van der Waals surface area contributed by atoms with Gasteiger partial charge >= 0.3 is 0 Å². The van der Waals surface area contributed by atoms with Crippen molar-refractivity contribution in [3.8, 4) is 0 Å². The van der Waals surface area contributed by atoms with Crippen LogP contribution >= 0.6 is 0 Å². The predicted octanol–water partition coefficient (Wildman–Crippen LogP) is 4.05. The van der Waals surface area contributed by atoms with Crippen molar-refractivity contribution in [1.29, 1.82) is 0 Å². The Kier molecular flexibility index (Phi) is 3.43. The Labute approximate surface area is 101 Å². The average molecular weight is 229 g/mol. The van der Waals surface area contributed by atoms with E-state index >= 15 is 0 Å². The van der Waals surface area contributed by atoms with Gasteiger partial charge in [-0.25, -0.2) is 4.39 Å². The van der Waals surface area contributed by atoms with Crippen LogP contribution in [0.2, 0.25) is 0 Å². The lowest BCUT2D eigenvalue weighted by Gasteiger charge is -2.10. The van der Waals surface area contributed by atoms with Crippen molar-refractivity contribution in [1.82, 2.24) is 0 Å². The van der Waals surface area contributed by atoms with Gasteiger partial charge in [-0.15, -0.1) is 0 Å². The fraction of sp³-hybridized carbons (Fsp3) is 0.200. The van der Waals surface area contributed by atoms with Gasteiger partial charge in [-0.3, -0.25) is 0 Å². The van der Waals surface area contributed by atoms with Crippen molar-refractivity contribution in [2.75, 3.05) is 5.32 Å². The van der Waals surface area contributed by atoms with Crippen molar-refractivity contribution in [2.45, 2.75) is 20.4 Å². The third-order valence-electron chi connectivity index (χ3n) is 2.83.